The van der Waals surface area contributed by atoms with Crippen LogP contribution >= 0.6 is 0 Å². The van der Waals surface area contributed by atoms with Crippen molar-refractivity contribution in [2.24, 2.45) is 5.92 Å². The SMILES string of the molecule is COCCCN1CC(C(=O)O)CNCC1C. The highest BCUT2D eigenvalue weighted by atomic mass is 16.5. The van der Waals surface area contributed by atoms with E-state index in [1.165, 1.54) is 0 Å². The van der Waals surface area contributed by atoms with Crippen LogP contribution in [0.4, 0.5) is 0 Å². The van der Waals surface area contributed by atoms with Crippen LogP contribution in [0.15, 0.2) is 0 Å². The van der Waals surface area contributed by atoms with Crippen LogP contribution < -0.4 is 5.32 Å². The summed E-state index contributed by atoms with van der Waals surface area (Å²) in [4.78, 5) is 13.2. The van der Waals surface area contributed by atoms with Crippen molar-refractivity contribution in [2.45, 2.75) is 19.4 Å². The second-order valence-corrected chi connectivity index (χ2v) is 4.38. The van der Waals surface area contributed by atoms with Crippen LogP contribution in [0.5, 0.6) is 0 Å². The van der Waals surface area contributed by atoms with Crippen molar-refractivity contribution in [3.63, 3.8) is 0 Å². The fourth-order valence-corrected chi connectivity index (χ4v) is 2.01. The normalized spacial score (nSPS) is 27.6. The van der Waals surface area contributed by atoms with Gasteiger partial charge in [0.1, 0.15) is 0 Å². The maximum absolute atomic E-state index is 11.0. The molecule has 2 N–H and O–H groups in total. The maximum Gasteiger partial charge on any atom is 0.309 e. The van der Waals surface area contributed by atoms with Crippen LogP contribution in [0.2, 0.25) is 0 Å². The zero-order chi connectivity index (χ0) is 12.0. The first-order valence-corrected chi connectivity index (χ1v) is 5.81. The first kappa shape index (κ1) is 13.4. The van der Waals surface area contributed by atoms with E-state index >= 15 is 0 Å². The van der Waals surface area contributed by atoms with Crippen molar-refractivity contribution in [3.8, 4) is 0 Å². The van der Waals surface area contributed by atoms with Crippen molar-refractivity contribution >= 4 is 5.97 Å². The standard InChI is InChI=1S/C11H22N2O3/c1-9-6-12-7-10(11(14)15)8-13(9)4-3-5-16-2/h9-10,12H,3-8H2,1-2H3,(H,14,15). The molecule has 1 aliphatic rings. The Labute approximate surface area is 96.8 Å². The van der Waals surface area contributed by atoms with Gasteiger partial charge in [-0.15, -0.1) is 0 Å². The summed E-state index contributed by atoms with van der Waals surface area (Å²) in [5.74, 6) is -1.01. The number of hydrogen-bond donors (Lipinski definition) is 2. The molecule has 94 valence electrons. The second kappa shape index (κ2) is 6.83. The average molecular weight is 230 g/mol. The minimum absolute atomic E-state index is 0.299. The first-order chi connectivity index (χ1) is 7.65. The Kier molecular flexibility index (Phi) is 5.73. The Balaban J connectivity index is 2.46. The minimum atomic E-state index is -0.710. The first-order valence-electron chi connectivity index (χ1n) is 5.81. The molecule has 0 aromatic carbocycles. The molecule has 2 atom stereocenters. The van der Waals surface area contributed by atoms with Gasteiger partial charge in [-0.3, -0.25) is 9.69 Å². The minimum Gasteiger partial charge on any atom is -0.481 e. The lowest BCUT2D eigenvalue weighted by atomic mass is 10.1. The topological polar surface area (TPSA) is 61.8 Å². The molecule has 5 nitrogen and oxygen atoms in total. The van der Waals surface area contributed by atoms with Crippen molar-refractivity contribution in [1.82, 2.24) is 10.2 Å². The summed E-state index contributed by atoms with van der Waals surface area (Å²) in [5.41, 5.74) is 0. The Hall–Kier alpha value is -0.650. The molecule has 1 saturated heterocycles. The third-order valence-electron chi connectivity index (χ3n) is 3.05. The molecule has 16 heavy (non-hydrogen) atoms. The van der Waals surface area contributed by atoms with Crippen LogP contribution in [-0.4, -0.2) is 61.9 Å². The van der Waals surface area contributed by atoms with Crippen molar-refractivity contribution in [2.75, 3.05) is 39.9 Å². The number of ether oxygens (including phenoxy) is 1. The molecule has 0 amide bonds. The Morgan fingerprint density at radius 2 is 2.31 bits per heavy atom. The monoisotopic (exact) mass is 230 g/mol. The third-order valence-corrected chi connectivity index (χ3v) is 3.05. The quantitative estimate of drug-likeness (QED) is 0.652. The fourth-order valence-electron chi connectivity index (χ4n) is 2.01. The summed E-state index contributed by atoms with van der Waals surface area (Å²) in [6, 6.07) is 0.390. The molecular formula is C11H22N2O3. The molecule has 2 unspecified atom stereocenters. The molecule has 0 spiro atoms. The third kappa shape index (κ3) is 4.08. The number of nitrogens with zero attached hydrogens (tertiary/aromatic N) is 1. The van der Waals surface area contributed by atoms with E-state index in [1.54, 1.807) is 7.11 Å². The molecule has 0 saturated carbocycles. The Bertz CT molecular complexity index is 223. The van der Waals surface area contributed by atoms with E-state index in [-0.39, 0.29) is 5.92 Å². The summed E-state index contributed by atoms with van der Waals surface area (Å²) in [6.45, 7) is 5.82. The van der Waals surface area contributed by atoms with Gasteiger partial charge >= 0.3 is 5.97 Å². The van der Waals surface area contributed by atoms with E-state index in [0.717, 1.165) is 26.1 Å². The molecule has 1 aliphatic heterocycles. The lowest BCUT2D eigenvalue weighted by Gasteiger charge is -2.27. The van der Waals surface area contributed by atoms with Gasteiger partial charge in [0.15, 0.2) is 0 Å². The van der Waals surface area contributed by atoms with Gasteiger partial charge in [0.2, 0.25) is 0 Å². The predicted molar refractivity (Wildman–Crippen MR) is 61.5 cm³/mol. The highest BCUT2D eigenvalue weighted by Crippen LogP contribution is 2.09. The van der Waals surface area contributed by atoms with Gasteiger partial charge in [-0.05, 0) is 13.3 Å². The van der Waals surface area contributed by atoms with Gasteiger partial charge in [0.05, 0.1) is 5.92 Å². The lowest BCUT2D eigenvalue weighted by molar-refractivity contribution is -0.142. The molecule has 0 radical (unpaired) electrons. The number of carboxylic acids is 1. The summed E-state index contributed by atoms with van der Waals surface area (Å²) >= 11 is 0. The van der Waals surface area contributed by atoms with E-state index in [9.17, 15) is 4.79 Å². The highest BCUT2D eigenvalue weighted by Gasteiger charge is 2.26. The number of methoxy groups -OCH3 is 1. The molecule has 1 rings (SSSR count). The predicted octanol–water partition coefficient (Wildman–Crippen LogP) is 0.0174. The highest BCUT2D eigenvalue weighted by molar-refractivity contribution is 5.70. The lowest BCUT2D eigenvalue weighted by Crippen LogP contribution is -2.40. The van der Waals surface area contributed by atoms with Gasteiger partial charge in [-0.1, -0.05) is 0 Å². The summed E-state index contributed by atoms with van der Waals surface area (Å²) < 4.78 is 5.02. The number of aliphatic carboxylic acids is 1. The summed E-state index contributed by atoms with van der Waals surface area (Å²) in [7, 11) is 1.69. The summed E-state index contributed by atoms with van der Waals surface area (Å²) in [6.07, 6.45) is 0.952. The molecule has 0 aromatic rings. The van der Waals surface area contributed by atoms with Gasteiger partial charge in [0, 0.05) is 45.9 Å². The fraction of sp³-hybridized carbons (Fsp3) is 0.909. The van der Waals surface area contributed by atoms with Crippen molar-refractivity contribution < 1.29 is 14.6 Å². The zero-order valence-electron chi connectivity index (χ0n) is 10.1. The van der Waals surface area contributed by atoms with Crippen LogP contribution in [-0.2, 0) is 9.53 Å². The molecule has 0 bridgehead atoms. The second-order valence-electron chi connectivity index (χ2n) is 4.38. The number of nitrogens with one attached hydrogen (secondary N) is 1. The van der Waals surface area contributed by atoms with E-state index < -0.39 is 5.97 Å². The molecule has 0 aromatic heterocycles. The number of carboxylic acid groups (broad SMARTS) is 1. The van der Waals surface area contributed by atoms with Gasteiger partial charge in [-0.2, -0.15) is 0 Å². The molecule has 0 aliphatic carbocycles. The van der Waals surface area contributed by atoms with Gasteiger partial charge < -0.3 is 15.2 Å². The molecule has 1 heterocycles. The Morgan fingerprint density at radius 3 is 2.94 bits per heavy atom. The van der Waals surface area contributed by atoms with Gasteiger partial charge in [0.25, 0.3) is 0 Å². The van der Waals surface area contributed by atoms with Crippen LogP contribution in [0.3, 0.4) is 0 Å². The van der Waals surface area contributed by atoms with Crippen molar-refractivity contribution in [1.29, 1.82) is 0 Å². The van der Waals surface area contributed by atoms with Crippen LogP contribution in [0, 0.1) is 5.92 Å². The maximum atomic E-state index is 11.0. The summed E-state index contributed by atoms with van der Waals surface area (Å²) in [5, 5.41) is 12.2. The van der Waals surface area contributed by atoms with Crippen molar-refractivity contribution in [3.05, 3.63) is 0 Å². The van der Waals surface area contributed by atoms with E-state index in [4.69, 9.17) is 9.84 Å². The number of rotatable bonds is 5. The zero-order valence-corrected chi connectivity index (χ0v) is 10.1. The average Bonchev–Trinajstić information content (AvgIpc) is 2.42. The largest absolute Gasteiger partial charge is 0.481 e. The van der Waals surface area contributed by atoms with E-state index in [2.05, 4.69) is 17.1 Å². The smallest absolute Gasteiger partial charge is 0.309 e. The van der Waals surface area contributed by atoms with E-state index in [0.29, 0.717) is 19.1 Å². The van der Waals surface area contributed by atoms with Crippen LogP contribution in [0.1, 0.15) is 13.3 Å². The van der Waals surface area contributed by atoms with E-state index in [1.807, 2.05) is 0 Å². The number of carbonyl (C=O) groups is 1. The Morgan fingerprint density at radius 1 is 1.56 bits per heavy atom. The molecule has 1 fully saturated rings. The van der Waals surface area contributed by atoms with Gasteiger partial charge in [-0.25, -0.2) is 0 Å². The molecule has 5 heteroatoms. The number of hydrogen-bond acceptors (Lipinski definition) is 4. The molecular weight excluding hydrogens is 208 g/mol. The van der Waals surface area contributed by atoms with Crippen LogP contribution in [0.25, 0.3) is 0 Å².